The van der Waals surface area contributed by atoms with Crippen molar-refractivity contribution in [1.82, 2.24) is 5.32 Å². The Morgan fingerprint density at radius 2 is 2.06 bits per heavy atom. The van der Waals surface area contributed by atoms with Crippen molar-refractivity contribution in [3.63, 3.8) is 0 Å². The number of amides is 1. The van der Waals surface area contributed by atoms with Crippen molar-refractivity contribution in [1.29, 1.82) is 0 Å². The zero-order valence-electron chi connectivity index (χ0n) is 9.95. The summed E-state index contributed by atoms with van der Waals surface area (Å²) in [6.45, 7) is 2.46. The van der Waals surface area contributed by atoms with Crippen molar-refractivity contribution in [2.75, 3.05) is 6.54 Å². The predicted octanol–water partition coefficient (Wildman–Crippen LogP) is 2.16. The van der Waals surface area contributed by atoms with Gasteiger partial charge in [0.25, 0.3) is 0 Å². The Morgan fingerprint density at radius 1 is 1.41 bits per heavy atom. The molecule has 1 aromatic rings. The Morgan fingerprint density at radius 3 is 2.65 bits per heavy atom. The fourth-order valence-electron chi connectivity index (χ4n) is 1.57. The van der Waals surface area contributed by atoms with Crippen LogP contribution in [0.15, 0.2) is 24.3 Å². The van der Waals surface area contributed by atoms with E-state index < -0.39 is 6.10 Å². The van der Waals surface area contributed by atoms with Gasteiger partial charge in [-0.2, -0.15) is 0 Å². The Labute approximate surface area is 107 Å². The summed E-state index contributed by atoms with van der Waals surface area (Å²) in [7, 11) is 0. The molecular weight excluding hydrogens is 238 g/mol. The predicted molar refractivity (Wildman–Crippen MR) is 69.1 cm³/mol. The molecule has 0 aliphatic heterocycles. The van der Waals surface area contributed by atoms with Crippen LogP contribution in [0.1, 0.15) is 25.3 Å². The van der Waals surface area contributed by atoms with Crippen LogP contribution in [0, 0.1) is 0 Å². The smallest absolute Gasteiger partial charge is 0.222 e. The van der Waals surface area contributed by atoms with E-state index in [9.17, 15) is 9.90 Å². The van der Waals surface area contributed by atoms with E-state index in [1.807, 2.05) is 31.2 Å². The van der Waals surface area contributed by atoms with Crippen molar-refractivity contribution in [2.45, 2.75) is 32.3 Å². The third-order valence-corrected chi connectivity index (χ3v) is 2.73. The minimum atomic E-state index is -0.586. The first-order valence-electron chi connectivity index (χ1n) is 5.81. The van der Waals surface area contributed by atoms with Gasteiger partial charge in [-0.3, -0.25) is 4.79 Å². The van der Waals surface area contributed by atoms with Gasteiger partial charge in [0.2, 0.25) is 5.91 Å². The minimum absolute atomic E-state index is 0.101. The van der Waals surface area contributed by atoms with Gasteiger partial charge in [-0.25, -0.2) is 0 Å². The molecule has 0 bridgehead atoms. The molecule has 1 unspecified atom stereocenters. The molecule has 0 heterocycles. The molecule has 0 aromatic heterocycles. The number of aliphatic hydroxyl groups is 1. The van der Waals surface area contributed by atoms with E-state index in [0.29, 0.717) is 18.0 Å². The largest absolute Gasteiger partial charge is 0.393 e. The van der Waals surface area contributed by atoms with Crippen LogP contribution < -0.4 is 5.32 Å². The number of aliphatic hydroxyl groups excluding tert-OH is 1. The monoisotopic (exact) mass is 255 g/mol. The highest BCUT2D eigenvalue weighted by Crippen LogP contribution is 2.12. The standard InChI is InChI=1S/C13H18ClNO2/c1-2-15-13(17)9-12(16)8-5-10-3-6-11(14)7-4-10/h3-4,6-7,12,16H,2,5,8-9H2,1H3,(H,15,17). The van der Waals surface area contributed by atoms with Crippen LogP contribution in [0.2, 0.25) is 5.02 Å². The quantitative estimate of drug-likeness (QED) is 0.819. The molecule has 0 aliphatic carbocycles. The number of aryl methyl sites for hydroxylation is 1. The Hall–Kier alpha value is -1.06. The summed E-state index contributed by atoms with van der Waals surface area (Å²) in [5.74, 6) is -0.101. The molecule has 1 amide bonds. The molecule has 0 spiro atoms. The van der Waals surface area contributed by atoms with Gasteiger partial charge in [-0.05, 0) is 37.5 Å². The van der Waals surface area contributed by atoms with Gasteiger partial charge in [0, 0.05) is 11.6 Å². The summed E-state index contributed by atoms with van der Waals surface area (Å²) in [6, 6.07) is 7.52. The maximum absolute atomic E-state index is 11.2. The Balaban J connectivity index is 2.30. The molecule has 2 N–H and O–H groups in total. The summed E-state index contributed by atoms with van der Waals surface area (Å²) >= 11 is 5.78. The maximum Gasteiger partial charge on any atom is 0.222 e. The molecule has 94 valence electrons. The van der Waals surface area contributed by atoms with Gasteiger partial charge in [-0.1, -0.05) is 23.7 Å². The number of nitrogens with one attached hydrogen (secondary N) is 1. The normalized spacial score (nSPS) is 12.2. The molecule has 0 radical (unpaired) electrons. The molecule has 0 saturated heterocycles. The topological polar surface area (TPSA) is 49.3 Å². The summed E-state index contributed by atoms with van der Waals surface area (Å²) in [5.41, 5.74) is 1.12. The van der Waals surface area contributed by atoms with Gasteiger partial charge in [0.05, 0.1) is 12.5 Å². The fourth-order valence-corrected chi connectivity index (χ4v) is 1.70. The van der Waals surface area contributed by atoms with E-state index in [1.54, 1.807) is 0 Å². The molecule has 4 heteroatoms. The lowest BCUT2D eigenvalue weighted by Gasteiger charge is -2.10. The zero-order chi connectivity index (χ0) is 12.7. The molecular formula is C13H18ClNO2. The third kappa shape index (κ3) is 5.71. The van der Waals surface area contributed by atoms with Crippen LogP contribution in [0.4, 0.5) is 0 Å². The van der Waals surface area contributed by atoms with Crippen molar-refractivity contribution < 1.29 is 9.90 Å². The highest BCUT2D eigenvalue weighted by Gasteiger charge is 2.09. The second-order valence-electron chi connectivity index (χ2n) is 3.98. The molecule has 1 atom stereocenters. The van der Waals surface area contributed by atoms with Gasteiger partial charge >= 0.3 is 0 Å². The van der Waals surface area contributed by atoms with Crippen molar-refractivity contribution in [2.24, 2.45) is 0 Å². The average molecular weight is 256 g/mol. The number of hydrogen-bond acceptors (Lipinski definition) is 2. The Bertz CT molecular complexity index is 351. The summed E-state index contributed by atoms with van der Waals surface area (Å²) in [6.07, 6.45) is 0.912. The molecule has 0 fully saturated rings. The molecule has 0 saturated carbocycles. The number of carbonyl (C=O) groups is 1. The average Bonchev–Trinajstić information content (AvgIpc) is 2.28. The number of halogens is 1. The molecule has 1 aromatic carbocycles. The van der Waals surface area contributed by atoms with Crippen LogP contribution >= 0.6 is 11.6 Å². The number of carbonyl (C=O) groups excluding carboxylic acids is 1. The van der Waals surface area contributed by atoms with E-state index in [2.05, 4.69) is 5.32 Å². The number of benzene rings is 1. The highest BCUT2D eigenvalue weighted by molar-refractivity contribution is 6.30. The van der Waals surface area contributed by atoms with Gasteiger partial charge in [-0.15, -0.1) is 0 Å². The lowest BCUT2D eigenvalue weighted by Crippen LogP contribution is -2.27. The maximum atomic E-state index is 11.2. The molecule has 3 nitrogen and oxygen atoms in total. The van der Waals surface area contributed by atoms with Gasteiger partial charge in [0.15, 0.2) is 0 Å². The lowest BCUT2D eigenvalue weighted by molar-refractivity contribution is -0.122. The van der Waals surface area contributed by atoms with Crippen LogP contribution in [-0.4, -0.2) is 23.7 Å². The van der Waals surface area contributed by atoms with E-state index in [4.69, 9.17) is 11.6 Å². The summed E-state index contributed by atoms with van der Waals surface area (Å²) in [5, 5.41) is 13.0. The number of rotatable bonds is 6. The van der Waals surface area contributed by atoms with Crippen molar-refractivity contribution >= 4 is 17.5 Å². The van der Waals surface area contributed by atoms with Crippen LogP contribution in [0.3, 0.4) is 0 Å². The van der Waals surface area contributed by atoms with E-state index in [0.717, 1.165) is 12.0 Å². The highest BCUT2D eigenvalue weighted by atomic mass is 35.5. The minimum Gasteiger partial charge on any atom is -0.393 e. The first-order valence-corrected chi connectivity index (χ1v) is 6.18. The first kappa shape index (κ1) is 14.0. The lowest BCUT2D eigenvalue weighted by atomic mass is 10.0. The van der Waals surface area contributed by atoms with Crippen LogP contribution in [-0.2, 0) is 11.2 Å². The second-order valence-corrected chi connectivity index (χ2v) is 4.41. The van der Waals surface area contributed by atoms with Gasteiger partial charge < -0.3 is 10.4 Å². The fraction of sp³-hybridized carbons (Fsp3) is 0.462. The van der Waals surface area contributed by atoms with Crippen molar-refractivity contribution in [3.8, 4) is 0 Å². The second kappa shape index (κ2) is 7.30. The van der Waals surface area contributed by atoms with E-state index in [-0.39, 0.29) is 12.3 Å². The SMILES string of the molecule is CCNC(=O)CC(O)CCc1ccc(Cl)cc1. The van der Waals surface area contributed by atoms with Crippen molar-refractivity contribution in [3.05, 3.63) is 34.9 Å². The molecule has 17 heavy (non-hydrogen) atoms. The third-order valence-electron chi connectivity index (χ3n) is 2.47. The zero-order valence-corrected chi connectivity index (χ0v) is 10.7. The molecule has 0 aliphatic rings. The summed E-state index contributed by atoms with van der Waals surface area (Å²) < 4.78 is 0. The first-order chi connectivity index (χ1) is 8.11. The van der Waals surface area contributed by atoms with Crippen LogP contribution in [0.25, 0.3) is 0 Å². The Kier molecular flexibility index (Phi) is 6.01. The van der Waals surface area contributed by atoms with Crippen LogP contribution in [0.5, 0.6) is 0 Å². The van der Waals surface area contributed by atoms with E-state index >= 15 is 0 Å². The number of hydrogen-bond donors (Lipinski definition) is 2. The van der Waals surface area contributed by atoms with E-state index in [1.165, 1.54) is 0 Å². The molecule has 1 rings (SSSR count). The van der Waals surface area contributed by atoms with Gasteiger partial charge in [0.1, 0.15) is 0 Å². The summed E-state index contributed by atoms with van der Waals surface area (Å²) in [4.78, 5) is 11.2.